The molecule has 0 aliphatic carbocycles. The summed E-state index contributed by atoms with van der Waals surface area (Å²) in [5.74, 6) is 0. The zero-order valence-corrected chi connectivity index (χ0v) is 10.1. The van der Waals surface area contributed by atoms with Crippen molar-refractivity contribution in [2.75, 3.05) is 13.6 Å². The summed E-state index contributed by atoms with van der Waals surface area (Å²) in [5, 5.41) is 21.0. The number of hydrogen-bond acceptors (Lipinski definition) is 4. The molecule has 4 nitrogen and oxygen atoms in total. The third-order valence-electron chi connectivity index (χ3n) is 2.28. The molecule has 0 saturated carbocycles. The van der Waals surface area contributed by atoms with Crippen LogP contribution in [0.3, 0.4) is 0 Å². The quantitative estimate of drug-likeness (QED) is 0.731. The number of aliphatic hydroxyl groups excluding tert-OH is 2. The van der Waals surface area contributed by atoms with E-state index in [0.717, 1.165) is 6.20 Å². The minimum Gasteiger partial charge on any atom is -0.389 e. The average molecular weight is 285 g/mol. The zero-order chi connectivity index (χ0) is 13.9. The Kier molecular flexibility index (Phi) is 4.92. The van der Waals surface area contributed by atoms with E-state index in [4.69, 9.17) is 11.6 Å². The number of nitrogens with one attached hydrogen (secondary N) is 1. The molecule has 2 unspecified atom stereocenters. The highest BCUT2D eigenvalue weighted by atomic mass is 35.5. The first-order chi connectivity index (χ1) is 8.27. The van der Waals surface area contributed by atoms with Crippen molar-refractivity contribution < 1.29 is 23.4 Å². The van der Waals surface area contributed by atoms with E-state index < -0.39 is 29.1 Å². The smallest absolute Gasteiger partial charge is 0.389 e. The second-order valence-corrected chi connectivity index (χ2v) is 4.03. The molecule has 0 aliphatic heterocycles. The van der Waals surface area contributed by atoms with Gasteiger partial charge in [-0.25, -0.2) is 4.98 Å². The van der Waals surface area contributed by atoms with Crippen LogP contribution in [0.5, 0.6) is 0 Å². The van der Waals surface area contributed by atoms with Crippen molar-refractivity contribution in [3.8, 4) is 0 Å². The van der Waals surface area contributed by atoms with Gasteiger partial charge in [-0.15, -0.1) is 0 Å². The van der Waals surface area contributed by atoms with Crippen LogP contribution in [0.2, 0.25) is 5.15 Å². The van der Waals surface area contributed by atoms with Gasteiger partial charge in [0.1, 0.15) is 11.3 Å². The minimum atomic E-state index is -4.66. The predicted octanol–water partition coefficient (Wildman–Crippen LogP) is 1.37. The van der Waals surface area contributed by atoms with Crippen molar-refractivity contribution in [3.63, 3.8) is 0 Å². The molecule has 0 radical (unpaired) electrons. The lowest BCUT2D eigenvalue weighted by Gasteiger charge is -2.19. The molecular formula is C10H12ClF3N2O2. The van der Waals surface area contributed by atoms with Gasteiger partial charge >= 0.3 is 6.18 Å². The number of aliphatic hydroxyl groups is 2. The number of halogens is 4. The van der Waals surface area contributed by atoms with Crippen LogP contribution in [0.1, 0.15) is 17.2 Å². The summed E-state index contributed by atoms with van der Waals surface area (Å²) in [5.41, 5.74) is -1.29. The second kappa shape index (κ2) is 5.83. The van der Waals surface area contributed by atoms with Crippen LogP contribution in [0.4, 0.5) is 13.2 Å². The van der Waals surface area contributed by atoms with Crippen molar-refractivity contribution in [3.05, 3.63) is 28.5 Å². The molecule has 0 amide bonds. The van der Waals surface area contributed by atoms with E-state index in [9.17, 15) is 23.4 Å². The normalized spacial score (nSPS) is 15.5. The van der Waals surface area contributed by atoms with E-state index in [-0.39, 0.29) is 12.1 Å². The third kappa shape index (κ3) is 3.55. The number of pyridine rings is 1. The SMILES string of the molecule is CNCC(O)C(O)c1cnc(Cl)c(C(F)(F)F)c1. The molecule has 0 fully saturated rings. The summed E-state index contributed by atoms with van der Waals surface area (Å²) in [6, 6.07) is 0.679. The lowest BCUT2D eigenvalue weighted by Crippen LogP contribution is -2.29. The first-order valence-electron chi connectivity index (χ1n) is 5.00. The topological polar surface area (TPSA) is 65.4 Å². The van der Waals surface area contributed by atoms with Crippen molar-refractivity contribution >= 4 is 11.6 Å². The van der Waals surface area contributed by atoms with E-state index in [1.165, 1.54) is 7.05 Å². The number of nitrogens with zero attached hydrogens (tertiary/aromatic N) is 1. The van der Waals surface area contributed by atoms with Crippen LogP contribution in [0.15, 0.2) is 12.3 Å². The largest absolute Gasteiger partial charge is 0.419 e. The van der Waals surface area contributed by atoms with E-state index >= 15 is 0 Å². The molecule has 0 aromatic carbocycles. The molecule has 0 spiro atoms. The Balaban J connectivity index is 3.05. The van der Waals surface area contributed by atoms with Crippen LogP contribution < -0.4 is 5.32 Å². The van der Waals surface area contributed by atoms with Gasteiger partial charge in [-0.3, -0.25) is 0 Å². The lowest BCUT2D eigenvalue weighted by molar-refractivity contribution is -0.137. The van der Waals surface area contributed by atoms with Crippen LogP contribution in [0.25, 0.3) is 0 Å². The van der Waals surface area contributed by atoms with Gasteiger partial charge in [-0.2, -0.15) is 13.2 Å². The molecular weight excluding hydrogens is 273 g/mol. The van der Waals surface area contributed by atoms with Gasteiger partial charge in [0.05, 0.1) is 11.7 Å². The van der Waals surface area contributed by atoms with Gasteiger partial charge in [0.15, 0.2) is 0 Å². The van der Waals surface area contributed by atoms with E-state index in [2.05, 4.69) is 10.3 Å². The summed E-state index contributed by atoms with van der Waals surface area (Å²) in [4.78, 5) is 3.36. The van der Waals surface area contributed by atoms with Crippen molar-refractivity contribution in [1.82, 2.24) is 10.3 Å². The fraction of sp³-hybridized carbons (Fsp3) is 0.500. The van der Waals surface area contributed by atoms with Crippen molar-refractivity contribution in [2.45, 2.75) is 18.4 Å². The standard InChI is InChI=1S/C10H12ClF3N2O2/c1-15-4-7(17)8(18)5-2-6(10(12,13)14)9(11)16-3-5/h2-3,7-8,15,17-18H,4H2,1H3. The first-order valence-corrected chi connectivity index (χ1v) is 5.38. The monoisotopic (exact) mass is 284 g/mol. The number of rotatable bonds is 4. The van der Waals surface area contributed by atoms with Gasteiger partial charge in [-0.1, -0.05) is 11.6 Å². The van der Waals surface area contributed by atoms with Crippen LogP contribution >= 0.6 is 11.6 Å². The summed E-state index contributed by atoms with van der Waals surface area (Å²) in [7, 11) is 1.54. The summed E-state index contributed by atoms with van der Waals surface area (Å²) < 4.78 is 37.7. The Hall–Kier alpha value is -0.890. The molecule has 1 aromatic heterocycles. The fourth-order valence-electron chi connectivity index (χ4n) is 1.37. The molecule has 1 heterocycles. The average Bonchev–Trinajstić information content (AvgIpc) is 2.27. The Morgan fingerprint density at radius 2 is 2.06 bits per heavy atom. The maximum Gasteiger partial charge on any atom is 0.419 e. The van der Waals surface area contributed by atoms with Crippen LogP contribution in [-0.4, -0.2) is 34.9 Å². The number of alkyl halides is 3. The number of aromatic nitrogens is 1. The molecule has 0 bridgehead atoms. The molecule has 1 aromatic rings. The van der Waals surface area contributed by atoms with Gasteiger partial charge in [0.25, 0.3) is 0 Å². The van der Waals surface area contributed by atoms with Gasteiger partial charge in [-0.05, 0) is 13.1 Å². The molecule has 18 heavy (non-hydrogen) atoms. The number of likely N-dealkylation sites (N-methyl/N-ethyl adjacent to an activating group) is 1. The van der Waals surface area contributed by atoms with Crippen molar-refractivity contribution in [2.24, 2.45) is 0 Å². The lowest BCUT2D eigenvalue weighted by atomic mass is 10.0. The molecule has 0 aliphatic rings. The highest BCUT2D eigenvalue weighted by molar-refractivity contribution is 6.30. The molecule has 102 valence electrons. The Labute approximate surface area is 106 Å². The van der Waals surface area contributed by atoms with Gasteiger partial charge < -0.3 is 15.5 Å². The van der Waals surface area contributed by atoms with Crippen LogP contribution in [0, 0.1) is 0 Å². The fourth-order valence-corrected chi connectivity index (χ4v) is 1.58. The molecule has 0 saturated heterocycles. The highest BCUT2D eigenvalue weighted by Gasteiger charge is 2.35. The second-order valence-electron chi connectivity index (χ2n) is 3.67. The Morgan fingerprint density at radius 3 is 2.56 bits per heavy atom. The molecule has 2 atom stereocenters. The maximum atomic E-state index is 12.6. The molecule has 1 rings (SSSR count). The van der Waals surface area contributed by atoms with E-state index in [1.807, 2.05) is 0 Å². The highest BCUT2D eigenvalue weighted by Crippen LogP contribution is 2.35. The van der Waals surface area contributed by atoms with Crippen LogP contribution in [-0.2, 0) is 6.18 Å². The maximum absolute atomic E-state index is 12.6. The van der Waals surface area contributed by atoms with Gasteiger partial charge in [0, 0.05) is 18.3 Å². The zero-order valence-electron chi connectivity index (χ0n) is 9.37. The number of hydrogen-bond donors (Lipinski definition) is 3. The van der Waals surface area contributed by atoms with Crippen molar-refractivity contribution in [1.29, 1.82) is 0 Å². The summed E-state index contributed by atoms with van der Waals surface area (Å²) >= 11 is 5.34. The molecule has 3 N–H and O–H groups in total. The Morgan fingerprint density at radius 1 is 1.44 bits per heavy atom. The summed E-state index contributed by atoms with van der Waals surface area (Å²) in [6.45, 7) is 0.0329. The van der Waals surface area contributed by atoms with E-state index in [0.29, 0.717) is 6.07 Å². The Bertz CT molecular complexity index is 415. The first kappa shape index (κ1) is 15.2. The molecule has 8 heteroatoms. The summed E-state index contributed by atoms with van der Waals surface area (Å²) in [6.07, 6.45) is -6.36. The third-order valence-corrected chi connectivity index (χ3v) is 2.59. The minimum absolute atomic E-state index is 0.0329. The predicted molar refractivity (Wildman–Crippen MR) is 59.1 cm³/mol. The van der Waals surface area contributed by atoms with Gasteiger partial charge in [0.2, 0.25) is 0 Å². The van der Waals surface area contributed by atoms with E-state index in [1.54, 1.807) is 0 Å².